The second-order valence-electron chi connectivity index (χ2n) is 7.36. The summed E-state index contributed by atoms with van der Waals surface area (Å²) in [5.41, 5.74) is 3.48. The lowest BCUT2D eigenvalue weighted by Gasteiger charge is -2.23. The number of hydrogen-bond acceptors (Lipinski definition) is 4. The first-order valence-corrected chi connectivity index (χ1v) is 9.04. The predicted octanol–water partition coefficient (Wildman–Crippen LogP) is 3.30. The third-order valence-electron chi connectivity index (χ3n) is 5.15. The van der Waals surface area contributed by atoms with Crippen LogP contribution in [0.2, 0.25) is 0 Å². The van der Waals surface area contributed by atoms with E-state index in [0.29, 0.717) is 12.0 Å². The van der Waals surface area contributed by atoms with Crippen LogP contribution >= 0.6 is 0 Å². The lowest BCUT2D eigenvalue weighted by atomic mass is 9.94. The lowest BCUT2D eigenvalue weighted by molar-refractivity contribution is 0.453. The zero-order chi connectivity index (χ0) is 15.8. The van der Waals surface area contributed by atoms with Crippen molar-refractivity contribution in [2.24, 2.45) is 5.92 Å². The van der Waals surface area contributed by atoms with E-state index in [1.165, 1.54) is 36.9 Å². The van der Waals surface area contributed by atoms with Crippen LogP contribution in [0.1, 0.15) is 57.2 Å². The van der Waals surface area contributed by atoms with Gasteiger partial charge in [-0.1, -0.05) is 0 Å². The van der Waals surface area contributed by atoms with Crippen LogP contribution in [-0.4, -0.2) is 34.2 Å². The third-order valence-corrected chi connectivity index (χ3v) is 5.15. The average molecular weight is 313 g/mol. The fraction of sp³-hybridized carbons (Fsp3) is 0.667. The summed E-state index contributed by atoms with van der Waals surface area (Å²) < 4.78 is 2.27. The molecule has 1 saturated heterocycles. The fourth-order valence-electron chi connectivity index (χ4n) is 3.47. The molecule has 0 spiro atoms. The van der Waals surface area contributed by atoms with Crippen molar-refractivity contribution in [2.45, 2.75) is 51.5 Å². The number of piperidine rings is 1. The molecular formula is C18H27N5. The number of aromatic nitrogens is 3. The molecule has 5 heteroatoms. The van der Waals surface area contributed by atoms with Crippen molar-refractivity contribution in [1.82, 2.24) is 19.9 Å². The predicted molar refractivity (Wildman–Crippen MR) is 94.0 cm³/mol. The zero-order valence-corrected chi connectivity index (χ0v) is 14.2. The molecule has 23 heavy (non-hydrogen) atoms. The molecule has 1 aliphatic carbocycles. The Balaban J connectivity index is 1.73. The molecule has 124 valence electrons. The Morgan fingerprint density at radius 1 is 1.26 bits per heavy atom. The van der Waals surface area contributed by atoms with Gasteiger partial charge in [0.05, 0.1) is 11.8 Å². The van der Waals surface area contributed by atoms with Crippen LogP contribution in [0.4, 0.5) is 5.82 Å². The van der Waals surface area contributed by atoms with Gasteiger partial charge in [-0.2, -0.15) is 0 Å². The quantitative estimate of drug-likeness (QED) is 0.889. The van der Waals surface area contributed by atoms with Crippen molar-refractivity contribution in [2.75, 3.05) is 25.0 Å². The van der Waals surface area contributed by atoms with E-state index in [-0.39, 0.29) is 0 Å². The Morgan fingerprint density at radius 2 is 2.04 bits per heavy atom. The molecule has 2 aromatic rings. The summed E-state index contributed by atoms with van der Waals surface area (Å²) in [6.07, 6.45) is 7.02. The van der Waals surface area contributed by atoms with Crippen LogP contribution in [-0.2, 0) is 0 Å². The molecule has 2 aromatic heterocycles. The summed E-state index contributed by atoms with van der Waals surface area (Å²) in [4.78, 5) is 9.63. The first kappa shape index (κ1) is 14.9. The van der Waals surface area contributed by atoms with E-state index in [2.05, 4.69) is 40.1 Å². The van der Waals surface area contributed by atoms with Gasteiger partial charge in [0.25, 0.3) is 0 Å². The van der Waals surface area contributed by atoms with E-state index >= 15 is 0 Å². The maximum absolute atomic E-state index is 4.98. The largest absolute Gasteiger partial charge is 0.368 e. The number of anilines is 1. The highest BCUT2D eigenvalue weighted by Crippen LogP contribution is 2.33. The lowest BCUT2D eigenvalue weighted by Crippen LogP contribution is -2.27. The first-order chi connectivity index (χ1) is 11.2. The molecule has 4 rings (SSSR count). The van der Waals surface area contributed by atoms with Crippen molar-refractivity contribution in [3.05, 3.63) is 18.1 Å². The monoisotopic (exact) mass is 313 g/mol. The van der Waals surface area contributed by atoms with Crippen molar-refractivity contribution in [1.29, 1.82) is 0 Å². The molecule has 5 nitrogen and oxygen atoms in total. The molecule has 2 aliphatic rings. The Morgan fingerprint density at radius 3 is 2.74 bits per heavy atom. The summed E-state index contributed by atoms with van der Waals surface area (Å²) in [5, 5.41) is 7.03. The van der Waals surface area contributed by atoms with E-state index in [4.69, 9.17) is 4.98 Å². The highest BCUT2D eigenvalue weighted by atomic mass is 15.1. The van der Waals surface area contributed by atoms with Gasteiger partial charge in [0.2, 0.25) is 0 Å². The second-order valence-corrected chi connectivity index (χ2v) is 7.36. The van der Waals surface area contributed by atoms with Gasteiger partial charge in [-0.15, -0.1) is 0 Å². The minimum atomic E-state index is 0.416. The average Bonchev–Trinajstić information content (AvgIpc) is 3.29. The summed E-state index contributed by atoms with van der Waals surface area (Å²) >= 11 is 0. The molecule has 2 N–H and O–H groups in total. The van der Waals surface area contributed by atoms with Gasteiger partial charge in [-0.25, -0.2) is 9.97 Å². The molecule has 0 amide bonds. The summed E-state index contributed by atoms with van der Waals surface area (Å²) in [6, 6.07) is 2.69. The Hall–Kier alpha value is -1.62. The minimum absolute atomic E-state index is 0.416. The number of fused-ring (bicyclic) bond motifs is 1. The zero-order valence-electron chi connectivity index (χ0n) is 14.2. The van der Waals surface area contributed by atoms with Crippen molar-refractivity contribution in [3.8, 4) is 0 Å². The second kappa shape index (κ2) is 6.11. The Labute approximate surface area is 137 Å². The standard InChI is InChI=1S/C18H27N5/c1-12(2)23-11-21-17-16(23)9-15(14-5-7-19-8-6-14)22-18(17)20-10-13-3-4-13/h9,11-14,19H,3-8,10H2,1-2H3,(H,20,22). The fourth-order valence-corrected chi connectivity index (χ4v) is 3.47. The van der Waals surface area contributed by atoms with Gasteiger partial charge in [0.15, 0.2) is 5.82 Å². The summed E-state index contributed by atoms with van der Waals surface area (Å²) in [6.45, 7) is 7.65. The van der Waals surface area contributed by atoms with E-state index in [0.717, 1.165) is 36.9 Å². The van der Waals surface area contributed by atoms with Crippen LogP contribution < -0.4 is 10.6 Å². The summed E-state index contributed by atoms with van der Waals surface area (Å²) in [5.74, 6) is 2.39. The van der Waals surface area contributed by atoms with Crippen molar-refractivity contribution in [3.63, 3.8) is 0 Å². The van der Waals surface area contributed by atoms with Crippen LogP contribution in [0.5, 0.6) is 0 Å². The number of imidazole rings is 1. The number of nitrogens with zero attached hydrogens (tertiary/aromatic N) is 3. The molecule has 3 heterocycles. The van der Waals surface area contributed by atoms with Gasteiger partial charge in [-0.3, -0.25) is 0 Å². The van der Waals surface area contributed by atoms with Crippen LogP contribution in [0.25, 0.3) is 11.0 Å². The number of hydrogen-bond donors (Lipinski definition) is 2. The minimum Gasteiger partial charge on any atom is -0.368 e. The molecule has 1 saturated carbocycles. The molecule has 1 aliphatic heterocycles. The van der Waals surface area contributed by atoms with Gasteiger partial charge < -0.3 is 15.2 Å². The molecule has 0 bridgehead atoms. The SMILES string of the molecule is CC(C)n1cnc2c(NCC3CC3)nc(C3CCNCC3)cc21. The number of rotatable bonds is 5. The van der Waals surface area contributed by atoms with Crippen LogP contribution in [0.3, 0.4) is 0 Å². The Bertz CT molecular complexity index is 680. The molecule has 2 fully saturated rings. The van der Waals surface area contributed by atoms with Crippen molar-refractivity contribution < 1.29 is 0 Å². The molecule has 0 atom stereocenters. The maximum Gasteiger partial charge on any atom is 0.154 e. The van der Waals surface area contributed by atoms with Gasteiger partial charge >= 0.3 is 0 Å². The Kier molecular flexibility index (Phi) is 3.97. The highest BCUT2D eigenvalue weighted by Gasteiger charge is 2.23. The van der Waals surface area contributed by atoms with E-state index in [1.807, 2.05) is 6.33 Å². The molecule has 0 unspecified atom stereocenters. The number of pyridine rings is 1. The smallest absolute Gasteiger partial charge is 0.154 e. The highest BCUT2D eigenvalue weighted by molar-refractivity contribution is 5.86. The summed E-state index contributed by atoms with van der Waals surface area (Å²) in [7, 11) is 0. The third kappa shape index (κ3) is 3.07. The van der Waals surface area contributed by atoms with Gasteiger partial charge in [0.1, 0.15) is 5.52 Å². The first-order valence-electron chi connectivity index (χ1n) is 9.04. The number of nitrogens with one attached hydrogen (secondary N) is 2. The maximum atomic E-state index is 4.98. The van der Waals surface area contributed by atoms with E-state index < -0.39 is 0 Å². The van der Waals surface area contributed by atoms with Crippen molar-refractivity contribution >= 4 is 16.9 Å². The van der Waals surface area contributed by atoms with Crippen LogP contribution in [0.15, 0.2) is 12.4 Å². The van der Waals surface area contributed by atoms with Gasteiger partial charge in [-0.05, 0) is 64.6 Å². The molecular weight excluding hydrogens is 286 g/mol. The normalized spacial score (nSPS) is 19.6. The molecule has 0 radical (unpaired) electrons. The van der Waals surface area contributed by atoms with Gasteiger partial charge in [0, 0.05) is 24.2 Å². The van der Waals surface area contributed by atoms with Crippen LogP contribution in [0, 0.1) is 5.92 Å². The van der Waals surface area contributed by atoms with E-state index in [9.17, 15) is 0 Å². The van der Waals surface area contributed by atoms with E-state index in [1.54, 1.807) is 0 Å². The molecule has 0 aromatic carbocycles. The topological polar surface area (TPSA) is 54.8 Å².